The summed E-state index contributed by atoms with van der Waals surface area (Å²) in [4.78, 5) is 36.7. The molecule has 1 atom stereocenters. The predicted octanol–water partition coefficient (Wildman–Crippen LogP) is 2.33. The van der Waals surface area contributed by atoms with E-state index < -0.39 is 17.9 Å². The molecule has 0 aliphatic heterocycles. The number of aromatic nitrogens is 2. The minimum atomic E-state index is -0.576. The zero-order valence-corrected chi connectivity index (χ0v) is 15.9. The second-order valence-corrected chi connectivity index (χ2v) is 6.42. The van der Waals surface area contributed by atoms with Gasteiger partial charge >= 0.3 is 5.97 Å². The molecule has 0 radical (unpaired) electrons. The molecule has 1 N–H and O–H groups in total. The monoisotopic (exact) mass is 391 g/mol. The molecule has 0 aliphatic rings. The van der Waals surface area contributed by atoms with Crippen molar-refractivity contribution in [3.63, 3.8) is 0 Å². The first kappa shape index (κ1) is 20.0. The van der Waals surface area contributed by atoms with Gasteiger partial charge in [-0.3, -0.25) is 14.4 Å². The van der Waals surface area contributed by atoms with Crippen LogP contribution in [0.3, 0.4) is 0 Å². The molecule has 0 saturated heterocycles. The number of benzene rings is 2. The van der Waals surface area contributed by atoms with Crippen LogP contribution in [0.15, 0.2) is 77.6 Å². The molecule has 7 heteroatoms. The van der Waals surface area contributed by atoms with Crippen LogP contribution in [0.5, 0.6) is 0 Å². The molecule has 29 heavy (non-hydrogen) atoms. The van der Waals surface area contributed by atoms with E-state index >= 15 is 0 Å². The summed E-state index contributed by atoms with van der Waals surface area (Å²) in [7, 11) is 1.30. The maximum atomic E-state index is 12.8. The number of rotatable bonds is 7. The van der Waals surface area contributed by atoms with Crippen LogP contribution >= 0.6 is 0 Å². The Morgan fingerprint density at radius 2 is 1.66 bits per heavy atom. The lowest BCUT2D eigenvalue weighted by Crippen LogP contribution is -2.33. The fourth-order valence-electron chi connectivity index (χ4n) is 2.86. The number of hydrogen-bond donors (Lipinski definition) is 1. The molecule has 3 rings (SSSR count). The summed E-state index contributed by atoms with van der Waals surface area (Å²) < 4.78 is 5.98. The number of nitrogens with one attached hydrogen (secondary N) is 1. The maximum Gasteiger partial charge on any atom is 0.307 e. The number of esters is 1. The standard InChI is InChI=1S/C22H21N3O4/c1-29-21(27)14-19(17-10-6-3-7-11-17)23-22(28)18-12-13-20(26)25(24-18)15-16-8-4-2-5-9-16/h2-13,19H,14-15H2,1H3,(H,23,28)/t19-/m0/s1. The van der Waals surface area contributed by atoms with E-state index in [-0.39, 0.29) is 24.2 Å². The van der Waals surface area contributed by atoms with E-state index in [4.69, 9.17) is 4.74 Å². The van der Waals surface area contributed by atoms with Crippen LogP contribution < -0.4 is 10.9 Å². The molecule has 0 unspecified atom stereocenters. The Morgan fingerprint density at radius 1 is 1.00 bits per heavy atom. The van der Waals surface area contributed by atoms with E-state index in [9.17, 15) is 14.4 Å². The lowest BCUT2D eigenvalue weighted by molar-refractivity contribution is -0.141. The van der Waals surface area contributed by atoms with E-state index in [0.29, 0.717) is 0 Å². The van der Waals surface area contributed by atoms with Gasteiger partial charge in [0.05, 0.1) is 26.1 Å². The Hall–Kier alpha value is -3.74. The summed E-state index contributed by atoms with van der Waals surface area (Å²) in [5.74, 6) is -0.925. The molecule has 0 fully saturated rings. The third-order valence-corrected chi connectivity index (χ3v) is 4.38. The molecule has 0 aliphatic carbocycles. The van der Waals surface area contributed by atoms with Crippen LogP contribution in [0.1, 0.15) is 34.1 Å². The normalized spacial score (nSPS) is 11.5. The maximum absolute atomic E-state index is 12.8. The summed E-state index contributed by atoms with van der Waals surface area (Å²) in [5.41, 5.74) is 1.45. The first-order valence-corrected chi connectivity index (χ1v) is 9.11. The van der Waals surface area contributed by atoms with Crippen LogP contribution in [-0.4, -0.2) is 28.8 Å². The first-order chi connectivity index (χ1) is 14.1. The van der Waals surface area contributed by atoms with E-state index in [0.717, 1.165) is 11.1 Å². The molecular formula is C22H21N3O4. The van der Waals surface area contributed by atoms with Crippen molar-refractivity contribution < 1.29 is 14.3 Å². The van der Waals surface area contributed by atoms with Crippen LogP contribution in [0, 0.1) is 0 Å². The second kappa shape index (κ2) is 9.45. The summed E-state index contributed by atoms with van der Waals surface area (Å²) in [6, 6.07) is 20.6. The third-order valence-electron chi connectivity index (χ3n) is 4.38. The van der Waals surface area contributed by atoms with Gasteiger partial charge in [0.15, 0.2) is 0 Å². The van der Waals surface area contributed by atoms with Crippen molar-refractivity contribution in [1.29, 1.82) is 0 Å². The average Bonchev–Trinajstić information content (AvgIpc) is 2.76. The Kier molecular flexibility index (Phi) is 6.52. The number of nitrogens with zero attached hydrogens (tertiary/aromatic N) is 2. The highest BCUT2D eigenvalue weighted by molar-refractivity contribution is 5.92. The van der Waals surface area contributed by atoms with Gasteiger partial charge in [-0.1, -0.05) is 60.7 Å². The van der Waals surface area contributed by atoms with Gasteiger partial charge in [-0.25, -0.2) is 4.68 Å². The molecule has 1 aromatic heterocycles. The Bertz CT molecular complexity index is 1030. The van der Waals surface area contributed by atoms with E-state index in [2.05, 4.69) is 10.4 Å². The molecule has 1 heterocycles. The molecule has 7 nitrogen and oxygen atoms in total. The fourth-order valence-corrected chi connectivity index (χ4v) is 2.86. The van der Waals surface area contributed by atoms with Gasteiger partial charge in [-0.2, -0.15) is 5.10 Å². The van der Waals surface area contributed by atoms with E-state index in [1.807, 2.05) is 60.7 Å². The van der Waals surface area contributed by atoms with Crippen molar-refractivity contribution in [2.45, 2.75) is 19.0 Å². The smallest absolute Gasteiger partial charge is 0.307 e. The quantitative estimate of drug-likeness (QED) is 0.624. The van der Waals surface area contributed by atoms with E-state index in [1.165, 1.54) is 23.9 Å². The zero-order valence-electron chi connectivity index (χ0n) is 15.9. The van der Waals surface area contributed by atoms with Gasteiger partial charge in [0.25, 0.3) is 11.5 Å². The molecule has 1 amide bonds. The molecule has 0 saturated carbocycles. The first-order valence-electron chi connectivity index (χ1n) is 9.11. The number of amides is 1. The lowest BCUT2D eigenvalue weighted by Gasteiger charge is -2.18. The highest BCUT2D eigenvalue weighted by Gasteiger charge is 2.20. The molecule has 2 aromatic carbocycles. The van der Waals surface area contributed by atoms with Crippen LogP contribution in [0.25, 0.3) is 0 Å². The summed E-state index contributed by atoms with van der Waals surface area (Å²) in [6.07, 6.45) is -0.0179. The van der Waals surface area contributed by atoms with E-state index in [1.54, 1.807) is 0 Å². The van der Waals surface area contributed by atoms with Crippen LogP contribution in [0.4, 0.5) is 0 Å². The van der Waals surface area contributed by atoms with Crippen molar-refractivity contribution in [3.8, 4) is 0 Å². The summed E-state index contributed by atoms with van der Waals surface area (Å²) in [5, 5.41) is 7.00. The highest BCUT2D eigenvalue weighted by atomic mass is 16.5. The topological polar surface area (TPSA) is 90.3 Å². The number of hydrogen-bond acceptors (Lipinski definition) is 5. The van der Waals surface area contributed by atoms with Gasteiger partial charge in [0.1, 0.15) is 5.69 Å². The number of ether oxygens (including phenoxy) is 1. The minimum Gasteiger partial charge on any atom is -0.469 e. The Morgan fingerprint density at radius 3 is 2.31 bits per heavy atom. The van der Waals surface area contributed by atoms with Gasteiger partial charge in [-0.15, -0.1) is 0 Å². The molecule has 0 spiro atoms. The van der Waals surface area contributed by atoms with Crippen molar-refractivity contribution >= 4 is 11.9 Å². The molecular weight excluding hydrogens is 370 g/mol. The second-order valence-electron chi connectivity index (χ2n) is 6.42. The minimum absolute atomic E-state index is 0.0179. The van der Waals surface area contributed by atoms with Crippen molar-refractivity contribution in [3.05, 3.63) is 100.0 Å². The van der Waals surface area contributed by atoms with Crippen molar-refractivity contribution in [2.75, 3.05) is 7.11 Å². The predicted molar refractivity (Wildman–Crippen MR) is 107 cm³/mol. The largest absolute Gasteiger partial charge is 0.469 e. The van der Waals surface area contributed by atoms with Gasteiger partial charge in [-0.05, 0) is 17.2 Å². The SMILES string of the molecule is COC(=O)C[C@H](NC(=O)c1ccc(=O)n(Cc2ccccc2)n1)c1ccccc1. The average molecular weight is 391 g/mol. The summed E-state index contributed by atoms with van der Waals surface area (Å²) >= 11 is 0. The van der Waals surface area contributed by atoms with Gasteiger partial charge in [0, 0.05) is 6.07 Å². The Labute approximate surface area is 168 Å². The van der Waals surface area contributed by atoms with Gasteiger partial charge < -0.3 is 10.1 Å². The number of carbonyl (C=O) groups excluding carboxylic acids is 2. The Balaban J connectivity index is 1.82. The zero-order chi connectivity index (χ0) is 20.6. The van der Waals surface area contributed by atoms with Gasteiger partial charge in [0.2, 0.25) is 0 Å². The van der Waals surface area contributed by atoms with Crippen molar-refractivity contribution in [2.24, 2.45) is 0 Å². The van der Waals surface area contributed by atoms with Crippen molar-refractivity contribution in [1.82, 2.24) is 15.1 Å². The van der Waals surface area contributed by atoms with Crippen LogP contribution in [0.2, 0.25) is 0 Å². The molecule has 148 valence electrons. The third kappa shape index (κ3) is 5.38. The number of carbonyl (C=O) groups is 2. The lowest BCUT2D eigenvalue weighted by atomic mass is 10.0. The number of methoxy groups -OCH3 is 1. The summed E-state index contributed by atoms with van der Waals surface area (Å²) in [6.45, 7) is 0.255. The molecule has 0 bridgehead atoms. The van der Waals surface area contributed by atoms with Crippen LogP contribution in [-0.2, 0) is 16.1 Å². The fraction of sp³-hybridized carbons (Fsp3) is 0.182. The highest BCUT2D eigenvalue weighted by Crippen LogP contribution is 2.17. The molecule has 3 aromatic rings.